The minimum Gasteiger partial charge on any atom is -0.335 e. The topological polar surface area (TPSA) is 46.3 Å². The minimum absolute atomic E-state index is 0.0797. The number of carbonyl (C=O) groups is 1. The van der Waals surface area contributed by atoms with Crippen LogP contribution in [0.2, 0.25) is 5.02 Å². The van der Waals surface area contributed by atoms with Gasteiger partial charge in [0.1, 0.15) is 0 Å². The normalized spacial score (nSPS) is 16.4. The fourth-order valence-corrected chi connectivity index (χ4v) is 2.11. The Labute approximate surface area is 113 Å². The van der Waals surface area contributed by atoms with Crippen LogP contribution in [0.3, 0.4) is 0 Å². The number of nitrogens with zero attached hydrogens (tertiary/aromatic N) is 1. The van der Waals surface area contributed by atoms with Crippen LogP contribution in [0.25, 0.3) is 0 Å². The van der Waals surface area contributed by atoms with Crippen LogP contribution in [0.15, 0.2) is 24.3 Å². The first-order chi connectivity index (χ1) is 8.56. The predicted molar refractivity (Wildman–Crippen MR) is 73.3 cm³/mol. The summed E-state index contributed by atoms with van der Waals surface area (Å²) in [6, 6.07) is 7.99. The van der Waals surface area contributed by atoms with Gasteiger partial charge in [-0.05, 0) is 37.5 Å². The van der Waals surface area contributed by atoms with E-state index in [2.05, 4.69) is 0 Å². The van der Waals surface area contributed by atoms with Gasteiger partial charge in [0.15, 0.2) is 0 Å². The van der Waals surface area contributed by atoms with Crippen molar-refractivity contribution >= 4 is 17.5 Å². The van der Waals surface area contributed by atoms with Gasteiger partial charge in [-0.1, -0.05) is 23.7 Å². The van der Waals surface area contributed by atoms with Gasteiger partial charge in [-0.3, -0.25) is 4.79 Å². The third-order valence-corrected chi connectivity index (χ3v) is 3.32. The summed E-state index contributed by atoms with van der Waals surface area (Å²) in [7, 11) is 0. The maximum atomic E-state index is 12.1. The molecule has 0 aromatic heterocycles. The molecular formula is C14H19ClN2O. The van der Waals surface area contributed by atoms with Crippen LogP contribution in [-0.2, 0) is 11.3 Å². The Morgan fingerprint density at radius 3 is 2.56 bits per heavy atom. The summed E-state index contributed by atoms with van der Waals surface area (Å²) in [5, 5.41) is 0.721. The molecule has 0 aliphatic heterocycles. The number of rotatable bonds is 5. The van der Waals surface area contributed by atoms with Crippen molar-refractivity contribution in [2.24, 2.45) is 5.73 Å². The van der Waals surface area contributed by atoms with Gasteiger partial charge in [0.05, 0.1) is 0 Å². The van der Waals surface area contributed by atoms with Gasteiger partial charge in [-0.2, -0.15) is 0 Å². The molecule has 1 atom stereocenters. The molecule has 0 radical (unpaired) electrons. The number of nitrogens with two attached hydrogens (primary N) is 1. The molecule has 2 rings (SSSR count). The van der Waals surface area contributed by atoms with E-state index in [-0.39, 0.29) is 11.9 Å². The van der Waals surface area contributed by atoms with Crippen LogP contribution in [0, 0.1) is 0 Å². The molecule has 1 saturated carbocycles. The second kappa shape index (κ2) is 5.72. The monoisotopic (exact) mass is 266 g/mol. The van der Waals surface area contributed by atoms with E-state index in [1.165, 1.54) is 0 Å². The van der Waals surface area contributed by atoms with E-state index in [0.29, 0.717) is 19.0 Å². The van der Waals surface area contributed by atoms with Gasteiger partial charge in [0.2, 0.25) is 5.91 Å². The van der Waals surface area contributed by atoms with Gasteiger partial charge in [0, 0.05) is 30.1 Å². The molecule has 0 spiro atoms. The standard InChI is InChI=1S/C14H19ClN2O/c1-10(16)8-14(18)17(13-6-7-13)9-11-2-4-12(15)5-3-11/h2-5,10,13H,6-9,16H2,1H3. The molecule has 0 heterocycles. The lowest BCUT2D eigenvalue weighted by atomic mass is 10.1. The fourth-order valence-electron chi connectivity index (χ4n) is 1.99. The number of amides is 1. The lowest BCUT2D eigenvalue weighted by molar-refractivity contribution is -0.132. The van der Waals surface area contributed by atoms with Crippen LogP contribution >= 0.6 is 11.6 Å². The molecule has 98 valence electrons. The first-order valence-electron chi connectivity index (χ1n) is 6.36. The Kier molecular flexibility index (Phi) is 4.25. The molecule has 0 saturated heterocycles. The summed E-state index contributed by atoms with van der Waals surface area (Å²) in [5.41, 5.74) is 6.82. The van der Waals surface area contributed by atoms with Crippen molar-refractivity contribution in [2.75, 3.05) is 0 Å². The van der Waals surface area contributed by atoms with E-state index < -0.39 is 0 Å². The van der Waals surface area contributed by atoms with Gasteiger partial charge in [-0.15, -0.1) is 0 Å². The first-order valence-corrected chi connectivity index (χ1v) is 6.73. The van der Waals surface area contributed by atoms with Gasteiger partial charge in [-0.25, -0.2) is 0 Å². The van der Waals surface area contributed by atoms with Gasteiger partial charge >= 0.3 is 0 Å². The second-order valence-electron chi connectivity index (χ2n) is 5.06. The fraction of sp³-hybridized carbons (Fsp3) is 0.500. The number of hydrogen-bond acceptors (Lipinski definition) is 2. The molecule has 0 bridgehead atoms. The molecule has 4 heteroatoms. The third kappa shape index (κ3) is 3.72. The van der Waals surface area contributed by atoms with E-state index in [0.717, 1.165) is 23.4 Å². The van der Waals surface area contributed by atoms with E-state index >= 15 is 0 Å². The second-order valence-corrected chi connectivity index (χ2v) is 5.50. The maximum absolute atomic E-state index is 12.1. The van der Waals surface area contributed by atoms with Crippen LogP contribution in [-0.4, -0.2) is 22.9 Å². The molecule has 1 aromatic carbocycles. The molecule has 1 aromatic rings. The van der Waals surface area contributed by atoms with Crippen molar-refractivity contribution in [3.8, 4) is 0 Å². The van der Waals surface area contributed by atoms with Crippen molar-refractivity contribution < 1.29 is 4.79 Å². The largest absolute Gasteiger partial charge is 0.335 e. The molecule has 3 nitrogen and oxygen atoms in total. The Bertz CT molecular complexity index is 412. The Morgan fingerprint density at radius 1 is 1.44 bits per heavy atom. The van der Waals surface area contributed by atoms with Gasteiger partial charge < -0.3 is 10.6 Å². The average Bonchev–Trinajstić information content (AvgIpc) is 3.11. The van der Waals surface area contributed by atoms with Crippen molar-refractivity contribution in [3.63, 3.8) is 0 Å². The van der Waals surface area contributed by atoms with Crippen molar-refractivity contribution in [2.45, 2.75) is 44.8 Å². The Morgan fingerprint density at radius 2 is 2.06 bits per heavy atom. The molecule has 18 heavy (non-hydrogen) atoms. The van der Waals surface area contributed by atoms with Crippen LogP contribution in [0.5, 0.6) is 0 Å². The van der Waals surface area contributed by atoms with Crippen molar-refractivity contribution in [3.05, 3.63) is 34.9 Å². The molecule has 1 unspecified atom stereocenters. The zero-order valence-corrected chi connectivity index (χ0v) is 11.4. The summed E-state index contributed by atoms with van der Waals surface area (Å²) >= 11 is 5.86. The Hall–Kier alpha value is -1.06. The summed E-state index contributed by atoms with van der Waals surface area (Å²) < 4.78 is 0. The quantitative estimate of drug-likeness (QED) is 0.890. The minimum atomic E-state index is -0.0797. The number of halogens is 1. The number of hydrogen-bond donors (Lipinski definition) is 1. The van der Waals surface area contributed by atoms with Crippen LogP contribution in [0.1, 0.15) is 31.7 Å². The molecule has 1 fully saturated rings. The lowest BCUT2D eigenvalue weighted by Gasteiger charge is -2.23. The summed E-state index contributed by atoms with van der Waals surface area (Å²) in [4.78, 5) is 14.1. The molecule has 1 aliphatic rings. The first kappa shape index (κ1) is 13.4. The Balaban J connectivity index is 2.02. The zero-order valence-electron chi connectivity index (χ0n) is 10.6. The molecule has 2 N–H and O–H groups in total. The lowest BCUT2D eigenvalue weighted by Crippen LogP contribution is -2.36. The van der Waals surface area contributed by atoms with Crippen molar-refractivity contribution in [1.29, 1.82) is 0 Å². The maximum Gasteiger partial charge on any atom is 0.224 e. The average molecular weight is 267 g/mol. The summed E-state index contributed by atoms with van der Waals surface area (Å²) in [6.07, 6.45) is 2.64. The summed E-state index contributed by atoms with van der Waals surface area (Å²) in [6.45, 7) is 2.53. The predicted octanol–water partition coefficient (Wildman–Crippen LogP) is 2.57. The van der Waals surface area contributed by atoms with E-state index in [4.69, 9.17) is 17.3 Å². The molecule has 1 amide bonds. The summed E-state index contributed by atoms with van der Waals surface area (Å²) in [5.74, 6) is 0.155. The van der Waals surface area contributed by atoms with Crippen LogP contribution in [0.4, 0.5) is 0 Å². The van der Waals surface area contributed by atoms with Crippen molar-refractivity contribution in [1.82, 2.24) is 4.90 Å². The molecule has 1 aliphatic carbocycles. The van der Waals surface area contributed by atoms with Gasteiger partial charge in [0.25, 0.3) is 0 Å². The third-order valence-electron chi connectivity index (χ3n) is 3.07. The highest BCUT2D eigenvalue weighted by Gasteiger charge is 2.32. The van der Waals surface area contributed by atoms with Crippen LogP contribution < -0.4 is 5.73 Å². The highest BCUT2D eigenvalue weighted by atomic mass is 35.5. The highest BCUT2D eigenvalue weighted by Crippen LogP contribution is 2.29. The molecular weight excluding hydrogens is 248 g/mol. The SMILES string of the molecule is CC(N)CC(=O)N(Cc1ccc(Cl)cc1)C1CC1. The number of benzene rings is 1. The smallest absolute Gasteiger partial charge is 0.224 e. The van der Waals surface area contributed by atoms with E-state index in [1.807, 2.05) is 36.1 Å². The zero-order chi connectivity index (χ0) is 13.1. The highest BCUT2D eigenvalue weighted by molar-refractivity contribution is 6.30. The van der Waals surface area contributed by atoms with E-state index in [9.17, 15) is 4.79 Å². The number of carbonyl (C=O) groups excluding carboxylic acids is 1. The van der Waals surface area contributed by atoms with E-state index in [1.54, 1.807) is 0 Å².